The van der Waals surface area contributed by atoms with Crippen molar-refractivity contribution >= 4 is 51.3 Å². The molecule has 2 heterocycles. The number of para-hydroxylation sites is 1. The average Bonchev–Trinajstić information content (AvgIpc) is 3.34. The maximum Gasteiger partial charge on any atom is 0.344 e. The third-order valence-corrected chi connectivity index (χ3v) is 5.90. The number of hydrogen-bond acceptors (Lipinski definition) is 9. The lowest BCUT2D eigenvalue weighted by molar-refractivity contribution is -0.385. The van der Waals surface area contributed by atoms with Crippen LogP contribution in [0.2, 0.25) is 5.02 Å². The first-order valence-electron chi connectivity index (χ1n) is 12.1. The van der Waals surface area contributed by atoms with Gasteiger partial charge in [0.25, 0.3) is 5.56 Å². The van der Waals surface area contributed by atoms with Crippen LogP contribution in [-0.2, 0) is 9.53 Å². The number of rotatable bonds is 8. The van der Waals surface area contributed by atoms with Crippen LogP contribution in [0.1, 0.15) is 19.4 Å². The minimum Gasteiger partial charge on any atom is -0.475 e. The number of hydrogen-bond donors (Lipinski definition) is 0. The summed E-state index contributed by atoms with van der Waals surface area (Å²) in [6.45, 7) is 2.87. The minimum atomic E-state index is -0.654. The van der Waals surface area contributed by atoms with Crippen molar-refractivity contribution in [2.75, 3.05) is 6.61 Å². The van der Waals surface area contributed by atoms with Gasteiger partial charge in [-0.15, -0.1) is 0 Å². The summed E-state index contributed by atoms with van der Waals surface area (Å²) in [5, 5.41) is 17.6. The summed E-state index contributed by atoms with van der Waals surface area (Å²) < 4.78 is 17.3. The van der Waals surface area contributed by atoms with E-state index in [1.807, 2.05) is 0 Å². The predicted molar refractivity (Wildman–Crippen MR) is 149 cm³/mol. The zero-order valence-corrected chi connectivity index (χ0v) is 22.0. The molecule has 12 heteroatoms. The number of nitro groups is 1. The maximum atomic E-state index is 13.4. The molecule has 0 aliphatic heterocycles. The lowest BCUT2D eigenvalue weighted by atomic mass is 10.2. The van der Waals surface area contributed by atoms with Crippen LogP contribution in [0.25, 0.3) is 33.5 Å². The molecule has 5 aromatic rings. The van der Waals surface area contributed by atoms with E-state index in [-0.39, 0.29) is 29.1 Å². The number of furan rings is 1. The van der Waals surface area contributed by atoms with E-state index in [1.54, 1.807) is 62.4 Å². The predicted octanol–water partition coefficient (Wildman–Crippen LogP) is 5.58. The van der Waals surface area contributed by atoms with Crippen molar-refractivity contribution in [2.24, 2.45) is 5.10 Å². The summed E-state index contributed by atoms with van der Waals surface area (Å²) in [5.74, 6) is -0.363. The summed E-state index contributed by atoms with van der Waals surface area (Å²) in [7, 11) is 0. The highest BCUT2D eigenvalue weighted by Crippen LogP contribution is 2.30. The number of esters is 1. The molecule has 3 aromatic carbocycles. The minimum absolute atomic E-state index is 0.117. The zero-order valence-electron chi connectivity index (χ0n) is 21.2. The van der Waals surface area contributed by atoms with Crippen molar-refractivity contribution in [3.63, 3.8) is 0 Å². The van der Waals surface area contributed by atoms with E-state index in [1.165, 1.54) is 24.4 Å². The second-order valence-electron chi connectivity index (χ2n) is 8.92. The van der Waals surface area contributed by atoms with Crippen LogP contribution in [0.3, 0.4) is 0 Å². The molecule has 0 spiro atoms. The highest BCUT2D eigenvalue weighted by molar-refractivity contribution is 6.31. The van der Waals surface area contributed by atoms with E-state index >= 15 is 0 Å². The quantitative estimate of drug-likeness (QED) is 0.104. The van der Waals surface area contributed by atoms with E-state index in [2.05, 4.69) is 10.1 Å². The lowest BCUT2D eigenvalue weighted by Crippen LogP contribution is -2.20. The van der Waals surface area contributed by atoms with Crippen LogP contribution in [0.5, 0.6) is 5.75 Å². The van der Waals surface area contributed by atoms with Crippen molar-refractivity contribution in [3.8, 4) is 17.3 Å². The largest absolute Gasteiger partial charge is 0.475 e. The molecule has 0 bridgehead atoms. The van der Waals surface area contributed by atoms with Gasteiger partial charge in [0.2, 0.25) is 5.82 Å². The Morgan fingerprint density at radius 2 is 1.98 bits per heavy atom. The molecule has 0 radical (unpaired) electrons. The number of carbonyl (C=O) groups excluding carboxylic acids is 1. The SMILES string of the molecule is CC(C)OC(=O)COc1ccc(C=Nn2c(-c3cc4cc(Cl)ccc4o3)nc3ccccc3c2=O)cc1[N+](=O)[O-]. The Morgan fingerprint density at radius 3 is 2.75 bits per heavy atom. The highest BCUT2D eigenvalue weighted by Gasteiger charge is 2.19. The third kappa shape index (κ3) is 5.54. The van der Waals surface area contributed by atoms with E-state index in [0.29, 0.717) is 32.5 Å². The molecule has 2 aromatic heterocycles. The number of fused-ring (bicyclic) bond motifs is 2. The standard InChI is InChI=1S/C28H21ClN4O7/c1-16(2)39-26(34)15-38-24-9-7-17(11-22(24)33(36)37)14-30-32-27(31-21-6-4-3-5-20(21)28(32)35)25-13-18-12-19(29)8-10-23(18)40-25/h3-14,16H,15H2,1-2H3. The molecule has 202 valence electrons. The van der Waals surface area contributed by atoms with Crippen molar-refractivity contribution in [2.45, 2.75) is 20.0 Å². The second kappa shape index (κ2) is 11.0. The van der Waals surface area contributed by atoms with Gasteiger partial charge in [0, 0.05) is 22.0 Å². The van der Waals surface area contributed by atoms with Crippen LogP contribution in [0, 0.1) is 10.1 Å². The molecule has 0 amide bonds. The van der Waals surface area contributed by atoms with Gasteiger partial charge < -0.3 is 13.9 Å². The van der Waals surface area contributed by atoms with Crippen LogP contribution >= 0.6 is 11.6 Å². The number of ether oxygens (including phenoxy) is 2. The fourth-order valence-corrected chi connectivity index (χ4v) is 4.13. The van der Waals surface area contributed by atoms with Gasteiger partial charge in [0.1, 0.15) is 5.58 Å². The van der Waals surface area contributed by atoms with Crippen LogP contribution in [0.4, 0.5) is 5.69 Å². The Balaban J connectivity index is 1.54. The van der Waals surface area contributed by atoms with E-state index in [0.717, 1.165) is 4.68 Å². The van der Waals surface area contributed by atoms with Gasteiger partial charge in [0.15, 0.2) is 18.1 Å². The zero-order chi connectivity index (χ0) is 28.4. The monoisotopic (exact) mass is 560 g/mol. The van der Waals surface area contributed by atoms with Crippen molar-refractivity contribution in [3.05, 3.63) is 97.8 Å². The molecular weight excluding hydrogens is 540 g/mol. The normalized spacial score (nSPS) is 11.5. The Kier molecular flexibility index (Phi) is 7.30. The molecule has 0 aliphatic carbocycles. The number of aromatic nitrogens is 2. The smallest absolute Gasteiger partial charge is 0.344 e. The second-order valence-corrected chi connectivity index (χ2v) is 9.35. The number of nitro benzene ring substituents is 1. The van der Waals surface area contributed by atoms with Gasteiger partial charge in [-0.25, -0.2) is 9.78 Å². The molecule has 11 nitrogen and oxygen atoms in total. The van der Waals surface area contributed by atoms with Gasteiger partial charge in [-0.3, -0.25) is 14.9 Å². The summed E-state index contributed by atoms with van der Waals surface area (Å²) in [5.41, 5.74) is 0.431. The lowest BCUT2D eigenvalue weighted by Gasteiger charge is -2.10. The molecule has 0 N–H and O–H groups in total. The van der Waals surface area contributed by atoms with Crippen molar-refractivity contribution in [1.82, 2.24) is 9.66 Å². The molecule has 0 saturated carbocycles. The van der Waals surface area contributed by atoms with Crippen LogP contribution in [0.15, 0.2) is 81.0 Å². The Hall–Kier alpha value is -5.03. The first-order valence-corrected chi connectivity index (χ1v) is 12.4. The number of halogens is 1. The maximum absolute atomic E-state index is 13.4. The topological polar surface area (TPSA) is 139 Å². The first kappa shape index (κ1) is 26.6. The first-order chi connectivity index (χ1) is 19.2. The summed E-state index contributed by atoms with van der Waals surface area (Å²) in [6, 6.07) is 17.7. The molecule has 0 fully saturated rings. The number of benzene rings is 3. The van der Waals surface area contributed by atoms with Gasteiger partial charge in [-0.2, -0.15) is 9.78 Å². The number of carbonyl (C=O) groups is 1. The van der Waals surface area contributed by atoms with Gasteiger partial charge in [-0.05, 0) is 62.4 Å². The number of nitrogens with zero attached hydrogens (tertiary/aromatic N) is 4. The van der Waals surface area contributed by atoms with Gasteiger partial charge >= 0.3 is 11.7 Å². The Bertz CT molecular complexity index is 1860. The fraction of sp³-hybridized carbons (Fsp3) is 0.143. The third-order valence-electron chi connectivity index (χ3n) is 5.67. The Morgan fingerprint density at radius 1 is 1.18 bits per heavy atom. The molecule has 0 atom stereocenters. The summed E-state index contributed by atoms with van der Waals surface area (Å²) in [4.78, 5) is 40.9. The fourth-order valence-electron chi connectivity index (χ4n) is 3.95. The molecule has 0 aliphatic rings. The molecule has 0 unspecified atom stereocenters. The summed E-state index contributed by atoms with van der Waals surface area (Å²) in [6.07, 6.45) is 0.935. The van der Waals surface area contributed by atoms with E-state index in [9.17, 15) is 19.7 Å². The van der Waals surface area contributed by atoms with Crippen molar-refractivity contribution < 1.29 is 23.6 Å². The molecule has 0 saturated heterocycles. The van der Waals surface area contributed by atoms with E-state index < -0.39 is 23.1 Å². The molecule has 5 rings (SSSR count). The van der Waals surface area contributed by atoms with Gasteiger partial charge in [-0.1, -0.05) is 23.7 Å². The van der Waals surface area contributed by atoms with Crippen LogP contribution < -0.4 is 10.3 Å². The molecule has 40 heavy (non-hydrogen) atoms. The van der Waals surface area contributed by atoms with E-state index in [4.69, 9.17) is 25.5 Å². The highest BCUT2D eigenvalue weighted by atomic mass is 35.5. The molecular formula is C28H21ClN4O7. The summed E-state index contributed by atoms with van der Waals surface area (Å²) >= 11 is 6.11. The van der Waals surface area contributed by atoms with Gasteiger partial charge in [0.05, 0.1) is 28.1 Å². The average molecular weight is 561 g/mol. The Labute approximate surface area is 231 Å². The van der Waals surface area contributed by atoms with Crippen LogP contribution in [-0.4, -0.2) is 39.5 Å². The van der Waals surface area contributed by atoms with Crippen molar-refractivity contribution in [1.29, 1.82) is 0 Å².